The van der Waals surface area contributed by atoms with E-state index in [1.165, 1.54) is 18.2 Å². The highest BCUT2D eigenvalue weighted by Crippen LogP contribution is 2.30. The van der Waals surface area contributed by atoms with Crippen LogP contribution in [0.1, 0.15) is 18.1 Å². The summed E-state index contributed by atoms with van der Waals surface area (Å²) in [5.74, 6) is -1.37. The van der Waals surface area contributed by atoms with Crippen LogP contribution in [0.25, 0.3) is 0 Å². The molecule has 1 atom stereocenters. The van der Waals surface area contributed by atoms with Gasteiger partial charge in [0.1, 0.15) is 0 Å². The third-order valence-corrected chi connectivity index (χ3v) is 8.08. The first-order valence-corrected chi connectivity index (χ1v) is 11.9. The van der Waals surface area contributed by atoms with E-state index in [4.69, 9.17) is 0 Å². The summed E-state index contributed by atoms with van der Waals surface area (Å²) < 4.78 is 53.0. The molecule has 1 aliphatic rings. The van der Waals surface area contributed by atoms with Crippen molar-refractivity contribution >= 4 is 31.6 Å². The molecule has 150 valence electrons. The predicted octanol–water partition coefficient (Wildman–Crippen LogP) is 1.83. The Balaban J connectivity index is 1.79. The van der Waals surface area contributed by atoms with Gasteiger partial charge in [0.15, 0.2) is 0 Å². The van der Waals surface area contributed by atoms with Gasteiger partial charge in [0, 0.05) is 6.54 Å². The van der Waals surface area contributed by atoms with Crippen LogP contribution < -0.4 is 9.03 Å². The van der Waals surface area contributed by atoms with Crippen LogP contribution in [0.5, 0.6) is 0 Å². The zero-order valence-corrected chi connectivity index (χ0v) is 17.3. The van der Waals surface area contributed by atoms with Gasteiger partial charge in [-0.25, -0.2) is 25.9 Å². The molecule has 1 fully saturated rings. The predicted molar refractivity (Wildman–Crippen MR) is 107 cm³/mol. The fourth-order valence-electron chi connectivity index (χ4n) is 3.20. The Hall–Kier alpha value is -2.23. The molecular formula is C19H22N2O5S2. The van der Waals surface area contributed by atoms with Crippen LogP contribution in [0, 0.1) is 12.8 Å². The van der Waals surface area contributed by atoms with Gasteiger partial charge >= 0.3 is 0 Å². The highest BCUT2D eigenvalue weighted by molar-refractivity contribution is 7.94. The molecule has 0 aromatic heterocycles. The molecule has 1 unspecified atom stereocenters. The molecule has 1 aliphatic heterocycles. The lowest BCUT2D eigenvalue weighted by Gasteiger charge is -2.17. The van der Waals surface area contributed by atoms with E-state index in [0.29, 0.717) is 12.0 Å². The van der Waals surface area contributed by atoms with Crippen LogP contribution in [0.3, 0.4) is 0 Å². The van der Waals surface area contributed by atoms with Gasteiger partial charge in [-0.15, -0.1) is 0 Å². The number of carbonyl (C=O) groups is 1. The third kappa shape index (κ3) is 4.11. The molecule has 9 heteroatoms. The number of aryl methyl sites for hydroxylation is 1. The van der Waals surface area contributed by atoms with Crippen molar-refractivity contribution < 1.29 is 21.6 Å². The van der Waals surface area contributed by atoms with Crippen molar-refractivity contribution in [2.24, 2.45) is 5.92 Å². The van der Waals surface area contributed by atoms with E-state index < -0.39 is 31.9 Å². The Morgan fingerprint density at radius 3 is 2.39 bits per heavy atom. The summed E-state index contributed by atoms with van der Waals surface area (Å²) >= 11 is 0. The van der Waals surface area contributed by atoms with E-state index in [0.717, 1.165) is 9.87 Å². The fraction of sp³-hybridized carbons (Fsp3) is 0.316. The molecule has 2 aromatic rings. The molecule has 2 aromatic carbocycles. The van der Waals surface area contributed by atoms with Crippen molar-refractivity contribution in [2.75, 3.05) is 16.6 Å². The van der Waals surface area contributed by atoms with Crippen molar-refractivity contribution in [1.29, 1.82) is 0 Å². The molecule has 0 aliphatic carbocycles. The monoisotopic (exact) mass is 422 g/mol. The SMILES string of the molecule is Cc1cc(N2C(=O)C(C)CS2(=O)=O)ccc1S(=O)(=O)NCCc1ccccc1. The smallest absolute Gasteiger partial charge is 0.244 e. The van der Waals surface area contributed by atoms with Crippen molar-refractivity contribution in [3.8, 4) is 0 Å². The number of anilines is 1. The van der Waals surface area contributed by atoms with Crippen molar-refractivity contribution in [3.05, 3.63) is 59.7 Å². The van der Waals surface area contributed by atoms with E-state index >= 15 is 0 Å². The zero-order chi connectivity index (χ0) is 20.5. The Morgan fingerprint density at radius 2 is 1.82 bits per heavy atom. The summed E-state index contributed by atoms with van der Waals surface area (Å²) in [5, 5.41) is 0. The minimum absolute atomic E-state index is 0.0569. The molecule has 28 heavy (non-hydrogen) atoms. The highest BCUT2D eigenvalue weighted by atomic mass is 32.2. The van der Waals surface area contributed by atoms with Crippen LogP contribution in [-0.4, -0.2) is 35.0 Å². The molecule has 0 saturated carbocycles. The standard InChI is InChI=1S/C19H22N2O5S2/c1-14-12-17(21-19(22)15(2)13-27(21,23)24)8-9-18(14)28(25,26)20-11-10-16-6-4-3-5-7-16/h3-9,12,15,20H,10-11,13H2,1-2H3. The van der Waals surface area contributed by atoms with Crippen LogP contribution in [-0.2, 0) is 31.3 Å². The molecule has 1 heterocycles. The lowest BCUT2D eigenvalue weighted by atomic mass is 10.2. The topological polar surface area (TPSA) is 101 Å². The van der Waals surface area contributed by atoms with Gasteiger partial charge in [0.05, 0.1) is 22.3 Å². The number of sulfonamides is 2. The third-order valence-electron chi connectivity index (χ3n) is 4.59. The first-order chi connectivity index (χ1) is 13.1. The number of benzene rings is 2. The summed E-state index contributed by atoms with van der Waals surface area (Å²) in [5.41, 5.74) is 1.55. The minimum Gasteiger partial charge on any atom is -0.273 e. The maximum atomic E-state index is 12.6. The van der Waals surface area contributed by atoms with E-state index in [-0.39, 0.29) is 22.9 Å². The van der Waals surface area contributed by atoms with Gasteiger partial charge < -0.3 is 0 Å². The van der Waals surface area contributed by atoms with E-state index in [1.54, 1.807) is 13.8 Å². The van der Waals surface area contributed by atoms with Crippen molar-refractivity contribution in [3.63, 3.8) is 0 Å². The molecule has 0 radical (unpaired) electrons. The number of nitrogens with one attached hydrogen (secondary N) is 1. The van der Waals surface area contributed by atoms with E-state index in [2.05, 4.69) is 4.72 Å². The second-order valence-corrected chi connectivity index (χ2v) is 10.5. The first kappa shape index (κ1) is 20.5. The summed E-state index contributed by atoms with van der Waals surface area (Å²) in [7, 11) is -7.49. The van der Waals surface area contributed by atoms with Gasteiger partial charge in [-0.05, 0) is 42.7 Å². The van der Waals surface area contributed by atoms with E-state index in [1.807, 2.05) is 30.3 Å². The Kier molecular flexibility index (Phi) is 5.60. The van der Waals surface area contributed by atoms with Gasteiger partial charge in [-0.2, -0.15) is 0 Å². The molecule has 0 spiro atoms. The second kappa shape index (κ2) is 7.65. The van der Waals surface area contributed by atoms with Crippen LogP contribution in [0.15, 0.2) is 53.4 Å². The number of nitrogens with zero attached hydrogens (tertiary/aromatic N) is 1. The largest absolute Gasteiger partial charge is 0.273 e. The van der Waals surface area contributed by atoms with Gasteiger partial charge in [-0.3, -0.25) is 4.79 Å². The lowest BCUT2D eigenvalue weighted by molar-refractivity contribution is -0.119. The van der Waals surface area contributed by atoms with Crippen LogP contribution in [0.4, 0.5) is 5.69 Å². The van der Waals surface area contributed by atoms with Crippen LogP contribution >= 0.6 is 0 Å². The maximum absolute atomic E-state index is 12.6. The number of hydrogen-bond donors (Lipinski definition) is 1. The highest BCUT2D eigenvalue weighted by Gasteiger charge is 2.42. The van der Waals surface area contributed by atoms with Gasteiger partial charge in [0.25, 0.3) is 0 Å². The molecule has 1 N–H and O–H groups in total. The quantitative estimate of drug-likeness (QED) is 0.765. The zero-order valence-electron chi connectivity index (χ0n) is 15.6. The summed E-state index contributed by atoms with van der Waals surface area (Å²) in [6.07, 6.45) is 0.551. The van der Waals surface area contributed by atoms with Crippen molar-refractivity contribution in [1.82, 2.24) is 4.72 Å². The van der Waals surface area contributed by atoms with Crippen LogP contribution in [0.2, 0.25) is 0 Å². The van der Waals surface area contributed by atoms with Gasteiger partial charge in [0.2, 0.25) is 26.0 Å². The maximum Gasteiger partial charge on any atom is 0.244 e. The molecule has 7 nitrogen and oxygen atoms in total. The Morgan fingerprint density at radius 1 is 1.14 bits per heavy atom. The van der Waals surface area contributed by atoms with Gasteiger partial charge in [-0.1, -0.05) is 37.3 Å². The van der Waals surface area contributed by atoms with E-state index in [9.17, 15) is 21.6 Å². The molecule has 0 bridgehead atoms. The number of rotatable bonds is 6. The average Bonchev–Trinajstić information content (AvgIpc) is 2.82. The summed E-state index contributed by atoms with van der Waals surface area (Å²) in [6, 6.07) is 13.6. The molecule has 3 rings (SSSR count). The van der Waals surface area contributed by atoms with Crippen molar-refractivity contribution in [2.45, 2.75) is 25.2 Å². The molecular weight excluding hydrogens is 400 g/mol. The number of carbonyl (C=O) groups excluding carboxylic acids is 1. The second-order valence-electron chi connectivity index (χ2n) is 6.87. The normalized spacial score (nSPS) is 19.1. The Labute approximate surface area is 165 Å². The first-order valence-electron chi connectivity index (χ1n) is 8.83. The number of hydrogen-bond acceptors (Lipinski definition) is 5. The average molecular weight is 423 g/mol. The Bertz CT molecular complexity index is 1100. The summed E-state index contributed by atoms with van der Waals surface area (Å²) in [6.45, 7) is 3.37. The molecule has 1 saturated heterocycles. The minimum atomic E-state index is -3.76. The molecule has 1 amide bonds. The number of amides is 1. The lowest BCUT2D eigenvalue weighted by Crippen LogP contribution is -2.30. The summed E-state index contributed by atoms with van der Waals surface area (Å²) in [4.78, 5) is 12.3. The fourth-order valence-corrected chi connectivity index (χ4v) is 6.27.